The van der Waals surface area contributed by atoms with Crippen LogP contribution in [-0.4, -0.2) is 29.5 Å². The highest BCUT2D eigenvalue weighted by Gasteiger charge is 2.41. The van der Waals surface area contributed by atoms with Crippen molar-refractivity contribution in [1.29, 1.82) is 0 Å². The minimum absolute atomic E-state index is 0.0420. The molecule has 3 fully saturated rings. The standard InChI is InChI=1S/C19H22FNO2/c20-15-3-7-18(8-4-15)23-12-19(22)21-16-5-6-17(21)11-14(10-16)9-13-1-2-13/h3-4,7-9,13,16-17H,1-2,5-6,10-12H2. The van der Waals surface area contributed by atoms with E-state index in [0.29, 0.717) is 17.8 Å². The number of benzene rings is 1. The second-order valence-electron chi connectivity index (χ2n) is 7.00. The molecule has 1 saturated carbocycles. The number of rotatable bonds is 4. The number of nitrogens with zero attached hydrogens (tertiary/aromatic N) is 1. The monoisotopic (exact) mass is 315 g/mol. The Balaban J connectivity index is 1.36. The van der Waals surface area contributed by atoms with Crippen LogP contribution in [0.1, 0.15) is 38.5 Å². The third-order valence-electron chi connectivity index (χ3n) is 5.17. The molecule has 2 unspecified atom stereocenters. The molecule has 4 rings (SSSR count). The Hall–Kier alpha value is -1.84. The summed E-state index contributed by atoms with van der Waals surface area (Å²) in [5.41, 5.74) is 1.56. The Morgan fingerprint density at radius 2 is 1.78 bits per heavy atom. The van der Waals surface area contributed by atoms with Crippen molar-refractivity contribution in [3.63, 3.8) is 0 Å². The van der Waals surface area contributed by atoms with Gasteiger partial charge in [-0.2, -0.15) is 0 Å². The normalized spacial score (nSPS) is 26.3. The largest absolute Gasteiger partial charge is 0.484 e. The fourth-order valence-corrected chi connectivity index (χ4v) is 3.94. The molecule has 0 aromatic heterocycles. The lowest BCUT2D eigenvalue weighted by Crippen LogP contribution is -2.46. The van der Waals surface area contributed by atoms with Gasteiger partial charge in [0.15, 0.2) is 6.61 Å². The van der Waals surface area contributed by atoms with Crippen LogP contribution in [0, 0.1) is 11.7 Å². The maximum atomic E-state index is 12.9. The van der Waals surface area contributed by atoms with Gasteiger partial charge in [0.25, 0.3) is 5.91 Å². The molecule has 23 heavy (non-hydrogen) atoms. The maximum Gasteiger partial charge on any atom is 0.261 e. The number of hydrogen-bond donors (Lipinski definition) is 0. The molecule has 3 aliphatic rings. The fraction of sp³-hybridized carbons (Fsp3) is 0.526. The first kappa shape index (κ1) is 14.7. The first-order valence-electron chi connectivity index (χ1n) is 8.58. The third-order valence-corrected chi connectivity index (χ3v) is 5.17. The van der Waals surface area contributed by atoms with E-state index in [1.165, 1.54) is 25.0 Å². The predicted octanol–water partition coefficient (Wildman–Crippen LogP) is 3.69. The number of halogens is 1. The van der Waals surface area contributed by atoms with Gasteiger partial charge in [-0.05, 0) is 68.7 Å². The Morgan fingerprint density at radius 3 is 2.39 bits per heavy atom. The zero-order valence-electron chi connectivity index (χ0n) is 13.2. The van der Waals surface area contributed by atoms with Crippen LogP contribution < -0.4 is 4.74 Å². The molecule has 3 nitrogen and oxygen atoms in total. The maximum absolute atomic E-state index is 12.9. The molecule has 2 atom stereocenters. The zero-order chi connectivity index (χ0) is 15.8. The van der Waals surface area contributed by atoms with Crippen molar-refractivity contribution in [3.05, 3.63) is 41.7 Å². The summed E-state index contributed by atoms with van der Waals surface area (Å²) in [5.74, 6) is 1.12. The van der Waals surface area contributed by atoms with E-state index in [1.807, 2.05) is 4.90 Å². The zero-order valence-corrected chi connectivity index (χ0v) is 13.2. The number of hydrogen-bond acceptors (Lipinski definition) is 2. The molecule has 0 N–H and O–H groups in total. The molecular formula is C19H22FNO2. The minimum Gasteiger partial charge on any atom is -0.484 e. The van der Waals surface area contributed by atoms with E-state index < -0.39 is 0 Å². The van der Waals surface area contributed by atoms with E-state index in [9.17, 15) is 9.18 Å². The van der Waals surface area contributed by atoms with Gasteiger partial charge in [0.1, 0.15) is 11.6 Å². The Labute approximate surface area is 136 Å². The third kappa shape index (κ3) is 3.26. The molecule has 122 valence electrons. The summed E-state index contributed by atoms with van der Waals surface area (Å²) in [7, 11) is 0. The van der Waals surface area contributed by atoms with Crippen LogP contribution in [0.3, 0.4) is 0 Å². The highest BCUT2D eigenvalue weighted by molar-refractivity contribution is 5.79. The molecule has 1 amide bonds. The number of piperidine rings is 1. The van der Waals surface area contributed by atoms with Gasteiger partial charge in [0.05, 0.1) is 0 Å². The van der Waals surface area contributed by atoms with Crippen LogP contribution in [0.4, 0.5) is 4.39 Å². The predicted molar refractivity (Wildman–Crippen MR) is 85.6 cm³/mol. The summed E-state index contributed by atoms with van der Waals surface area (Å²) in [6.45, 7) is 0.0420. The van der Waals surface area contributed by atoms with E-state index in [1.54, 1.807) is 17.7 Å². The van der Waals surface area contributed by atoms with Gasteiger partial charge in [0, 0.05) is 12.1 Å². The van der Waals surface area contributed by atoms with Crippen molar-refractivity contribution in [2.24, 2.45) is 5.92 Å². The molecule has 0 spiro atoms. The molecule has 2 saturated heterocycles. The second-order valence-corrected chi connectivity index (χ2v) is 7.00. The van der Waals surface area contributed by atoms with Crippen LogP contribution in [0.5, 0.6) is 5.75 Å². The number of carbonyl (C=O) groups is 1. The minimum atomic E-state index is -0.298. The first-order chi connectivity index (χ1) is 11.2. The molecule has 1 aromatic carbocycles. The van der Waals surface area contributed by atoms with E-state index >= 15 is 0 Å². The topological polar surface area (TPSA) is 29.5 Å². The van der Waals surface area contributed by atoms with Crippen molar-refractivity contribution in [2.75, 3.05) is 6.61 Å². The molecular weight excluding hydrogens is 293 g/mol. The van der Waals surface area contributed by atoms with E-state index in [0.717, 1.165) is 31.6 Å². The van der Waals surface area contributed by atoms with E-state index in [2.05, 4.69) is 6.08 Å². The Kier molecular flexibility index (Phi) is 3.83. The highest BCUT2D eigenvalue weighted by Crippen LogP contribution is 2.41. The van der Waals surface area contributed by atoms with Gasteiger partial charge in [-0.25, -0.2) is 4.39 Å². The van der Waals surface area contributed by atoms with Gasteiger partial charge in [0.2, 0.25) is 0 Å². The van der Waals surface area contributed by atoms with Crippen LogP contribution in [0.15, 0.2) is 35.9 Å². The van der Waals surface area contributed by atoms with Gasteiger partial charge >= 0.3 is 0 Å². The Bertz CT molecular complexity index is 605. The number of fused-ring (bicyclic) bond motifs is 2. The lowest BCUT2D eigenvalue weighted by atomic mass is 9.95. The molecule has 2 aliphatic heterocycles. The average Bonchev–Trinajstić information content (AvgIpc) is 3.31. The van der Waals surface area contributed by atoms with Crippen LogP contribution >= 0.6 is 0 Å². The van der Waals surface area contributed by atoms with Gasteiger partial charge < -0.3 is 9.64 Å². The van der Waals surface area contributed by atoms with Crippen molar-refractivity contribution in [3.8, 4) is 5.75 Å². The summed E-state index contributed by atoms with van der Waals surface area (Å²) in [6.07, 6.45) is 9.43. The molecule has 1 aliphatic carbocycles. The average molecular weight is 315 g/mol. The van der Waals surface area contributed by atoms with E-state index in [4.69, 9.17) is 4.74 Å². The van der Waals surface area contributed by atoms with Crippen molar-refractivity contribution >= 4 is 5.91 Å². The summed E-state index contributed by atoms with van der Waals surface area (Å²) in [6, 6.07) is 6.51. The highest BCUT2D eigenvalue weighted by atomic mass is 19.1. The summed E-state index contributed by atoms with van der Waals surface area (Å²) in [4.78, 5) is 14.6. The van der Waals surface area contributed by atoms with Gasteiger partial charge in [-0.1, -0.05) is 11.6 Å². The number of ether oxygens (including phenoxy) is 1. The fourth-order valence-electron chi connectivity index (χ4n) is 3.94. The SMILES string of the molecule is O=C(COc1ccc(F)cc1)N1C2CCC1CC(=CC1CC1)C2. The lowest BCUT2D eigenvalue weighted by Gasteiger charge is -2.36. The summed E-state index contributed by atoms with van der Waals surface area (Å²) in [5, 5.41) is 0. The van der Waals surface area contributed by atoms with Gasteiger partial charge in [-0.3, -0.25) is 4.79 Å². The van der Waals surface area contributed by atoms with Crippen LogP contribution in [0.25, 0.3) is 0 Å². The molecule has 1 aromatic rings. The summed E-state index contributed by atoms with van der Waals surface area (Å²) < 4.78 is 18.4. The van der Waals surface area contributed by atoms with Crippen molar-refractivity contribution in [2.45, 2.75) is 50.6 Å². The second kappa shape index (κ2) is 5.99. The van der Waals surface area contributed by atoms with Crippen molar-refractivity contribution in [1.82, 2.24) is 4.90 Å². The molecule has 0 radical (unpaired) electrons. The van der Waals surface area contributed by atoms with E-state index in [-0.39, 0.29) is 18.3 Å². The smallest absolute Gasteiger partial charge is 0.261 e. The molecule has 2 bridgehead atoms. The number of amides is 1. The lowest BCUT2D eigenvalue weighted by molar-refractivity contribution is -0.137. The molecule has 2 heterocycles. The quantitative estimate of drug-likeness (QED) is 0.793. The van der Waals surface area contributed by atoms with Crippen molar-refractivity contribution < 1.29 is 13.9 Å². The summed E-state index contributed by atoms with van der Waals surface area (Å²) >= 11 is 0. The Morgan fingerprint density at radius 1 is 1.13 bits per heavy atom. The number of carbonyl (C=O) groups excluding carboxylic acids is 1. The first-order valence-corrected chi connectivity index (χ1v) is 8.58. The number of allylic oxidation sites excluding steroid dienone is 1. The molecule has 4 heteroatoms. The van der Waals surface area contributed by atoms with Crippen LogP contribution in [-0.2, 0) is 4.79 Å². The van der Waals surface area contributed by atoms with Crippen LogP contribution in [0.2, 0.25) is 0 Å². The van der Waals surface area contributed by atoms with Gasteiger partial charge in [-0.15, -0.1) is 0 Å².